The number of hydrogen-bond donors (Lipinski definition) is 0. The predicted octanol–water partition coefficient (Wildman–Crippen LogP) is -0.323. The van der Waals surface area contributed by atoms with E-state index in [0.717, 1.165) is 20.8 Å². The molecular weight excluding hydrogens is 205 g/mol. The first-order chi connectivity index (χ1) is 6.81. The second-order valence-corrected chi connectivity index (χ2v) is 2.60. The summed E-state index contributed by atoms with van der Waals surface area (Å²) >= 11 is 0. The second kappa shape index (κ2) is 5.00. The van der Waals surface area contributed by atoms with E-state index >= 15 is 0 Å². The number of nitrogens with zero attached hydrogens (tertiary/aromatic N) is 1. The van der Waals surface area contributed by atoms with Crippen molar-refractivity contribution in [3.8, 4) is 5.97 Å². The lowest BCUT2D eigenvalue weighted by Crippen LogP contribution is -2.48. The Balaban J connectivity index is 4.93. The first-order valence-electron chi connectivity index (χ1n) is 3.94. The van der Waals surface area contributed by atoms with Crippen LogP contribution in [0.1, 0.15) is 20.8 Å². The van der Waals surface area contributed by atoms with Crippen molar-refractivity contribution in [3.63, 3.8) is 0 Å². The molecule has 0 aromatic heterocycles. The van der Waals surface area contributed by atoms with E-state index in [1.807, 2.05) is 0 Å². The van der Waals surface area contributed by atoms with Crippen molar-refractivity contribution in [2.75, 3.05) is 0 Å². The van der Waals surface area contributed by atoms with Crippen LogP contribution < -0.4 is 0 Å². The van der Waals surface area contributed by atoms with Gasteiger partial charge in [0.15, 0.2) is 0 Å². The molecule has 0 bridgehead atoms. The van der Waals surface area contributed by atoms with Gasteiger partial charge >= 0.3 is 6.75 Å². The lowest BCUT2D eigenvalue weighted by atomic mass is 9.81. The van der Waals surface area contributed by atoms with Gasteiger partial charge in [-0.1, -0.05) is 0 Å². The number of nitriles is 1. The maximum Gasteiger partial charge on any atom is 0.660 e. The normalized spacial score (nSPS) is 9.73. The molecular formula is C7H9BNO6-. The Morgan fingerprint density at radius 1 is 0.933 bits per heavy atom. The largest absolute Gasteiger partial charge is 0.660 e. The Morgan fingerprint density at radius 2 is 1.20 bits per heavy atom. The van der Waals surface area contributed by atoms with Gasteiger partial charge in [0.05, 0.1) is 0 Å². The van der Waals surface area contributed by atoms with E-state index in [2.05, 4.69) is 14.0 Å². The topological polar surface area (TPSA) is 103 Å². The van der Waals surface area contributed by atoms with Crippen LogP contribution >= 0.6 is 0 Å². The van der Waals surface area contributed by atoms with E-state index in [4.69, 9.17) is 5.26 Å². The minimum absolute atomic E-state index is 0.904. The highest BCUT2D eigenvalue weighted by Crippen LogP contribution is 2.09. The van der Waals surface area contributed by atoms with Crippen molar-refractivity contribution in [1.82, 2.24) is 0 Å². The summed E-state index contributed by atoms with van der Waals surface area (Å²) in [4.78, 5) is 31.9. The maximum atomic E-state index is 10.6. The molecule has 0 aliphatic rings. The van der Waals surface area contributed by atoms with Crippen molar-refractivity contribution in [2.24, 2.45) is 0 Å². The second-order valence-electron chi connectivity index (χ2n) is 2.60. The van der Waals surface area contributed by atoms with Gasteiger partial charge in [-0.2, -0.15) is 0 Å². The Bertz CT molecular complexity index is 292. The average molecular weight is 214 g/mol. The Kier molecular flexibility index (Phi) is 4.32. The van der Waals surface area contributed by atoms with Crippen LogP contribution in [0.4, 0.5) is 0 Å². The van der Waals surface area contributed by atoms with Crippen LogP contribution in [0.25, 0.3) is 0 Å². The minimum Gasteiger partial charge on any atom is -0.611 e. The number of carbonyl (C=O) groups excluding carboxylic acids is 3. The van der Waals surface area contributed by atoms with Crippen LogP contribution in [0.3, 0.4) is 0 Å². The summed E-state index contributed by atoms with van der Waals surface area (Å²) in [5, 5.41) is 8.67. The molecule has 0 fully saturated rings. The van der Waals surface area contributed by atoms with E-state index in [1.54, 1.807) is 0 Å². The van der Waals surface area contributed by atoms with Crippen LogP contribution in [0.5, 0.6) is 0 Å². The molecule has 8 heteroatoms. The van der Waals surface area contributed by atoms with E-state index in [-0.39, 0.29) is 0 Å². The molecule has 0 aliphatic heterocycles. The molecule has 0 aromatic carbocycles. The molecule has 0 aromatic rings. The van der Waals surface area contributed by atoms with E-state index in [0.29, 0.717) is 0 Å². The lowest BCUT2D eigenvalue weighted by Gasteiger charge is -2.32. The first-order valence-corrected chi connectivity index (χ1v) is 3.94. The molecule has 0 amide bonds. The Labute approximate surface area is 85.9 Å². The molecule has 0 heterocycles. The number of hydrogen-bond acceptors (Lipinski definition) is 7. The highest BCUT2D eigenvalue weighted by molar-refractivity contribution is 6.73. The van der Waals surface area contributed by atoms with Crippen molar-refractivity contribution < 1.29 is 28.3 Å². The number of rotatable bonds is 3. The lowest BCUT2D eigenvalue weighted by molar-refractivity contribution is -0.146. The van der Waals surface area contributed by atoms with Crippen LogP contribution in [0.2, 0.25) is 0 Å². The third-order valence-corrected chi connectivity index (χ3v) is 1.12. The standard InChI is InChI=1S/C7H9BNO6/c1-5(10)13-8(4-9,14-6(2)11)15-7(3)12/h1-3H3/q-1. The molecule has 0 radical (unpaired) electrons. The smallest absolute Gasteiger partial charge is 0.611 e. The Hall–Kier alpha value is -2.04. The molecule has 0 aliphatic carbocycles. The van der Waals surface area contributed by atoms with Gasteiger partial charge in [0, 0.05) is 20.8 Å². The van der Waals surface area contributed by atoms with Crippen molar-refractivity contribution in [3.05, 3.63) is 0 Å². The fourth-order valence-electron chi connectivity index (χ4n) is 0.807. The van der Waals surface area contributed by atoms with Crippen molar-refractivity contribution >= 4 is 24.7 Å². The van der Waals surface area contributed by atoms with Crippen LogP contribution in [0.15, 0.2) is 0 Å². The molecule has 0 unspecified atom stereocenters. The summed E-state index contributed by atoms with van der Waals surface area (Å²) in [6.45, 7) is -0.379. The molecule has 0 rings (SSSR count). The SMILES string of the molecule is CC(=O)O[B-](C#N)(OC(C)=O)OC(C)=O. The molecule has 15 heavy (non-hydrogen) atoms. The van der Waals surface area contributed by atoms with Gasteiger partial charge in [-0.3, -0.25) is 14.4 Å². The Morgan fingerprint density at radius 3 is 1.33 bits per heavy atom. The van der Waals surface area contributed by atoms with Gasteiger partial charge in [0.2, 0.25) is 0 Å². The zero-order valence-corrected chi connectivity index (χ0v) is 8.47. The molecule has 82 valence electrons. The quantitative estimate of drug-likeness (QED) is 0.592. The van der Waals surface area contributed by atoms with Gasteiger partial charge < -0.3 is 14.0 Å². The van der Waals surface area contributed by atoms with Gasteiger partial charge in [-0.15, -0.1) is 0 Å². The average Bonchev–Trinajstić information content (AvgIpc) is 1.99. The summed E-state index contributed by atoms with van der Waals surface area (Å²) in [7, 11) is 0. The summed E-state index contributed by atoms with van der Waals surface area (Å²) in [6, 6.07) is 0. The van der Waals surface area contributed by atoms with Crippen LogP contribution in [-0.4, -0.2) is 24.7 Å². The summed E-state index contributed by atoms with van der Waals surface area (Å²) in [5.41, 5.74) is 0. The maximum absolute atomic E-state index is 10.6. The van der Waals surface area contributed by atoms with Gasteiger partial charge in [0.25, 0.3) is 17.9 Å². The van der Waals surface area contributed by atoms with Crippen LogP contribution in [-0.2, 0) is 28.3 Å². The van der Waals surface area contributed by atoms with Gasteiger partial charge in [0.1, 0.15) is 0 Å². The molecule has 0 N–H and O–H groups in total. The molecule has 7 nitrogen and oxygen atoms in total. The van der Waals surface area contributed by atoms with E-state index < -0.39 is 24.7 Å². The third kappa shape index (κ3) is 4.66. The highest BCUT2D eigenvalue weighted by Gasteiger charge is 2.39. The number of carbonyl (C=O) groups is 3. The van der Waals surface area contributed by atoms with Gasteiger partial charge in [-0.05, 0) is 5.97 Å². The molecule has 0 saturated carbocycles. The summed E-state index contributed by atoms with van der Waals surface area (Å²) < 4.78 is 13.2. The van der Waals surface area contributed by atoms with Crippen molar-refractivity contribution in [1.29, 1.82) is 5.26 Å². The predicted molar refractivity (Wildman–Crippen MR) is 46.7 cm³/mol. The minimum atomic E-state index is -3.34. The zero-order chi connectivity index (χ0) is 12.1. The third-order valence-electron chi connectivity index (χ3n) is 1.12. The summed E-state index contributed by atoms with van der Waals surface area (Å²) in [5.74, 6) is -1.37. The van der Waals surface area contributed by atoms with E-state index in [9.17, 15) is 14.4 Å². The summed E-state index contributed by atoms with van der Waals surface area (Å²) in [6.07, 6.45) is 0. The van der Waals surface area contributed by atoms with Crippen molar-refractivity contribution in [2.45, 2.75) is 20.8 Å². The van der Waals surface area contributed by atoms with Crippen LogP contribution in [0, 0.1) is 11.2 Å². The molecule has 0 atom stereocenters. The molecule has 0 spiro atoms. The van der Waals surface area contributed by atoms with E-state index in [1.165, 1.54) is 5.97 Å². The first kappa shape index (κ1) is 13.0. The fraction of sp³-hybridized carbons (Fsp3) is 0.429. The molecule has 0 saturated heterocycles. The monoisotopic (exact) mass is 214 g/mol. The fourth-order valence-corrected chi connectivity index (χ4v) is 0.807. The zero-order valence-electron chi connectivity index (χ0n) is 8.47. The van der Waals surface area contributed by atoms with Gasteiger partial charge in [-0.25, -0.2) is 5.26 Å². The highest BCUT2D eigenvalue weighted by atomic mass is 16.8.